The van der Waals surface area contributed by atoms with Gasteiger partial charge in [0.05, 0.1) is 17.9 Å². The van der Waals surface area contributed by atoms with Crippen LogP contribution in [0.3, 0.4) is 0 Å². The third-order valence-corrected chi connectivity index (χ3v) is 6.56. The van der Waals surface area contributed by atoms with E-state index in [-0.39, 0.29) is 5.60 Å². The number of hydrogen-bond acceptors (Lipinski definition) is 4. The third-order valence-electron chi connectivity index (χ3n) is 6.56. The Labute approximate surface area is 156 Å². The van der Waals surface area contributed by atoms with Gasteiger partial charge in [-0.25, -0.2) is 0 Å². The smallest absolute Gasteiger partial charge is 0.225 e. The number of likely N-dealkylation sites (tertiary alicyclic amines) is 1. The van der Waals surface area contributed by atoms with E-state index in [1.807, 2.05) is 18.2 Å². The average molecular weight is 358 g/mol. The molecule has 1 aromatic heterocycles. The van der Waals surface area contributed by atoms with E-state index in [4.69, 9.17) is 9.47 Å². The highest BCUT2D eigenvalue weighted by molar-refractivity contribution is 5.79. The second-order valence-corrected chi connectivity index (χ2v) is 8.01. The standard InChI is InChI=1S/C21H30N2O3/c24-20(17-4-3-5-17)23-12-9-21(10-13-23)18(8-15-26-21)7-14-25-16-19-6-1-2-11-22-19/h1-2,6,11,17-18H,3-5,7-10,12-16H2/t18-/m1/s1. The first-order chi connectivity index (χ1) is 12.8. The Bertz CT molecular complexity index is 595. The fourth-order valence-corrected chi connectivity index (χ4v) is 4.65. The van der Waals surface area contributed by atoms with Gasteiger partial charge in [0.1, 0.15) is 0 Å². The van der Waals surface area contributed by atoms with Crippen LogP contribution in [0.1, 0.15) is 50.6 Å². The first kappa shape index (κ1) is 17.9. The summed E-state index contributed by atoms with van der Waals surface area (Å²) in [5.41, 5.74) is 0.956. The molecule has 5 heteroatoms. The minimum absolute atomic E-state index is 0.0231. The molecular weight excluding hydrogens is 328 g/mol. The van der Waals surface area contributed by atoms with Crippen LogP contribution in [-0.2, 0) is 20.9 Å². The Kier molecular flexibility index (Phi) is 5.55. The van der Waals surface area contributed by atoms with E-state index in [1.165, 1.54) is 6.42 Å². The molecule has 0 aromatic carbocycles. The van der Waals surface area contributed by atoms with Crippen LogP contribution in [-0.4, -0.2) is 47.7 Å². The zero-order valence-electron chi connectivity index (χ0n) is 15.6. The van der Waals surface area contributed by atoms with Gasteiger partial charge in [-0.3, -0.25) is 9.78 Å². The third kappa shape index (κ3) is 3.79. The zero-order chi connectivity index (χ0) is 17.8. The van der Waals surface area contributed by atoms with Gasteiger partial charge in [0.25, 0.3) is 0 Å². The monoisotopic (exact) mass is 358 g/mol. The molecule has 1 aromatic rings. The van der Waals surface area contributed by atoms with Gasteiger partial charge >= 0.3 is 0 Å². The van der Waals surface area contributed by atoms with Gasteiger partial charge in [-0.15, -0.1) is 0 Å². The zero-order valence-corrected chi connectivity index (χ0v) is 15.6. The van der Waals surface area contributed by atoms with Crippen molar-refractivity contribution in [2.24, 2.45) is 11.8 Å². The lowest BCUT2D eigenvalue weighted by molar-refractivity contribution is -0.144. The van der Waals surface area contributed by atoms with Crippen LogP contribution in [0, 0.1) is 11.8 Å². The highest BCUT2D eigenvalue weighted by Crippen LogP contribution is 2.43. The maximum atomic E-state index is 12.5. The lowest BCUT2D eigenvalue weighted by Gasteiger charge is -2.43. The van der Waals surface area contributed by atoms with E-state index in [0.717, 1.165) is 70.5 Å². The minimum atomic E-state index is -0.0231. The molecule has 1 amide bonds. The number of carbonyl (C=O) groups excluding carboxylic acids is 1. The van der Waals surface area contributed by atoms with Crippen LogP contribution in [0.25, 0.3) is 0 Å². The van der Waals surface area contributed by atoms with Crippen molar-refractivity contribution in [3.8, 4) is 0 Å². The van der Waals surface area contributed by atoms with Gasteiger partial charge in [0.15, 0.2) is 0 Å². The van der Waals surface area contributed by atoms with Crippen LogP contribution in [0.5, 0.6) is 0 Å². The molecule has 2 aliphatic heterocycles. The van der Waals surface area contributed by atoms with Crippen molar-refractivity contribution in [2.75, 3.05) is 26.3 Å². The van der Waals surface area contributed by atoms with Gasteiger partial charge < -0.3 is 14.4 Å². The molecule has 1 aliphatic carbocycles. The number of nitrogens with zero attached hydrogens (tertiary/aromatic N) is 2. The summed E-state index contributed by atoms with van der Waals surface area (Å²) in [5.74, 6) is 1.25. The molecule has 0 bridgehead atoms. The van der Waals surface area contributed by atoms with Gasteiger partial charge in [-0.1, -0.05) is 12.5 Å². The first-order valence-electron chi connectivity index (χ1n) is 10.2. The maximum absolute atomic E-state index is 12.5. The number of aromatic nitrogens is 1. The average Bonchev–Trinajstić information content (AvgIpc) is 3.01. The molecule has 0 radical (unpaired) electrons. The Morgan fingerprint density at radius 1 is 1.27 bits per heavy atom. The number of piperidine rings is 1. The first-order valence-corrected chi connectivity index (χ1v) is 10.2. The fourth-order valence-electron chi connectivity index (χ4n) is 4.65. The number of amides is 1. The molecule has 3 fully saturated rings. The van der Waals surface area contributed by atoms with E-state index in [0.29, 0.717) is 24.3 Å². The molecule has 5 nitrogen and oxygen atoms in total. The fraction of sp³-hybridized carbons (Fsp3) is 0.714. The molecular formula is C21H30N2O3. The molecule has 2 saturated heterocycles. The van der Waals surface area contributed by atoms with Gasteiger partial charge in [0, 0.05) is 38.4 Å². The Morgan fingerprint density at radius 2 is 2.12 bits per heavy atom. The summed E-state index contributed by atoms with van der Waals surface area (Å²) in [6, 6.07) is 5.91. The number of rotatable bonds is 6. The molecule has 3 heterocycles. The highest BCUT2D eigenvalue weighted by Gasteiger charge is 2.47. The molecule has 0 unspecified atom stereocenters. The summed E-state index contributed by atoms with van der Waals surface area (Å²) in [6.45, 7) is 3.89. The van der Waals surface area contributed by atoms with Crippen molar-refractivity contribution in [3.63, 3.8) is 0 Å². The van der Waals surface area contributed by atoms with Crippen molar-refractivity contribution in [1.29, 1.82) is 0 Å². The summed E-state index contributed by atoms with van der Waals surface area (Å²) in [6.07, 6.45) is 9.31. The normalized spacial score (nSPS) is 25.4. The molecule has 3 aliphatic rings. The number of ether oxygens (including phenoxy) is 2. The summed E-state index contributed by atoms with van der Waals surface area (Å²) < 4.78 is 12.1. The van der Waals surface area contributed by atoms with Crippen LogP contribution in [0.2, 0.25) is 0 Å². The van der Waals surface area contributed by atoms with Crippen molar-refractivity contribution >= 4 is 5.91 Å². The van der Waals surface area contributed by atoms with Crippen molar-refractivity contribution in [1.82, 2.24) is 9.88 Å². The Balaban J connectivity index is 1.23. The van der Waals surface area contributed by atoms with E-state index >= 15 is 0 Å². The number of pyridine rings is 1. The van der Waals surface area contributed by atoms with E-state index < -0.39 is 0 Å². The van der Waals surface area contributed by atoms with Crippen LogP contribution in [0.4, 0.5) is 0 Å². The van der Waals surface area contributed by atoms with Crippen molar-refractivity contribution in [2.45, 2.75) is 57.2 Å². The predicted molar refractivity (Wildman–Crippen MR) is 98.5 cm³/mol. The van der Waals surface area contributed by atoms with E-state index in [2.05, 4.69) is 9.88 Å². The second kappa shape index (κ2) is 8.05. The number of carbonyl (C=O) groups is 1. The molecule has 0 N–H and O–H groups in total. The summed E-state index contributed by atoms with van der Waals surface area (Å²) in [5, 5.41) is 0. The summed E-state index contributed by atoms with van der Waals surface area (Å²) in [7, 11) is 0. The quantitative estimate of drug-likeness (QED) is 0.733. The molecule has 4 rings (SSSR count). The Morgan fingerprint density at radius 3 is 2.81 bits per heavy atom. The van der Waals surface area contributed by atoms with Crippen LogP contribution in [0.15, 0.2) is 24.4 Å². The van der Waals surface area contributed by atoms with Crippen molar-refractivity contribution in [3.05, 3.63) is 30.1 Å². The summed E-state index contributed by atoms with van der Waals surface area (Å²) in [4.78, 5) is 18.9. The molecule has 1 saturated carbocycles. The van der Waals surface area contributed by atoms with Crippen LogP contribution < -0.4 is 0 Å². The van der Waals surface area contributed by atoms with Crippen LogP contribution >= 0.6 is 0 Å². The van der Waals surface area contributed by atoms with Gasteiger partial charge in [-0.2, -0.15) is 0 Å². The number of hydrogen-bond donors (Lipinski definition) is 0. The van der Waals surface area contributed by atoms with Gasteiger partial charge in [-0.05, 0) is 56.6 Å². The maximum Gasteiger partial charge on any atom is 0.225 e. The molecule has 1 spiro atoms. The largest absolute Gasteiger partial charge is 0.375 e. The minimum Gasteiger partial charge on any atom is -0.375 e. The molecule has 1 atom stereocenters. The lowest BCUT2D eigenvalue weighted by atomic mass is 9.77. The summed E-state index contributed by atoms with van der Waals surface area (Å²) >= 11 is 0. The van der Waals surface area contributed by atoms with Crippen molar-refractivity contribution < 1.29 is 14.3 Å². The molecule has 26 heavy (non-hydrogen) atoms. The predicted octanol–water partition coefficient (Wildman–Crippen LogP) is 3.19. The highest BCUT2D eigenvalue weighted by atomic mass is 16.5. The van der Waals surface area contributed by atoms with Gasteiger partial charge in [0.2, 0.25) is 5.91 Å². The Hall–Kier alpha value is -1.46. The van der Waals surface area contributed by atoms with E-state index in [1.54, 1.807) is 6.20 Å². The lowest BCUT2D eigenvalue weighted by Crippen LogP contribution is -2.51. The second-order valence-electron chi connectivity index (χ2n) is 8.01. The van der Waals surface area contributed by atoms with E-state index in [9.17, 15) is 4.79 Å². The molecule has 142 valence electrons. The SMILES string of the molecule is O=C(C1CCC1)N1CCC2(CC1)OCC[C@H]2CCOCc1ccccn1. The topological polar surface area (TPSA) is 51.7 Å².